The molecule has 33 heavy (non-hydrogen) atoms. The molecule has 2 atom stereocenters. The van der Waals surface area contributed by atoms with Gasteiger partial charge in [0.15, 0.2) is 5.82 Å². The van der Waals surface area contributed by atoms with E-state index in [2.05, 4.69) is 25.9 Å². The molecule has 2 aromatic carbocycles. The molecule has 170 valence electrons. The van der Waals surface area contributed by atoms with Gasteiger partial charge in [-0.3, -0.25) is 4.79 Å². The van der Waals surface area contributed by atoms with E-state index in [9.17, 15) is 14.7 Å². The van der Waals surface area contributed by atoms with Crippen LogP contribution in [-0.2, 0) is 11.2 Å². The number of halogens is 1. The Labute approximate surface area is 195 Å². The van der Waals surface area contributed by atoms with Gasteiger partial charge in [0.1, 0.15) is 10.8 Å². The maximum Gasteiger partial charge on any atom is 0.335 e. The number of nitrogens with one attached hydrogen (secondary N) is 3. The first-order chi connectivity index (χ1) is 15.9. The minimum absolute atomic E-state index is 0.0987. The number of hydrogen-bond donors (Lipinski definition) is 4. The van der Waals surface area contributed by atoms with Crippen molar-refractivity contribution in [3.8, 4) is 5.75 Å². The second-order valence-corrected chi connectivity index (χ2v) is 7.97. The molecule has 1 amide bonds. The molecule has 4 N–H and O–H groups in total. The van der Waals surface area contributed by atoms with Crippen LogP contribution in [0.3, 0.4) is 0 Å². The van der Waals surface area contributed by atoms with Crippen molar-refractivity contribution in [2.45, 2.75) is 25.4 Å². The van der Waals surface area contributed by atoms with E-state index in [4.69, 9.17) is 16.3 Å². The number of carbonyl (C=O) groups is 2. The van der Waals surface area contributed by atoms with Gasteiger partial charge in [-0.05, 0) is 35.7 Å². The van der Waals surface area contributed by atoms with E-state index >= 15 is 0 Å². The summed E-state index contributed by atoms with van der Waals surface area (Å²) in [7, 11) is 1.45. The number of rotatable bonds is 7. The van der Waals surface area contributed by atoms with Gasteiger partial charge in [-0.25, -0.2) is 9.78 Å². The summed E-state index contributed by atoms with van der Waals surface area (Å²) in [6.07, 6.45) is 2.15. The van der Waals surface area contributed by atoms with Gasteiger partial charge in [-0.15, -0.1) is 0 Å². The van der Waals surface area contributed by atoms with Crippen LogP contribution in [0.25, 0.3) is 0 Å². The topological polar surface area (TPSA) is 125 Å². The number of carboxylic acids is 1. The van der Waals surface area contributed by atoms with E-state index in [-0.39, 0.29) is 29.5 Å². The van der Waals surface area contributed by atoms with Crippen molar-refractivity contribution in [1.82, 2.24) is 15.3 Å². The van der Waals surface area contributed by atoms with E-state index in [0.29, 0.717) is 28.7 Å². The lowest BCUT2D eigenvalue weighted by molar-refractivity contribution is -0.119. The number of methoxy groups -OCH3 is 1. The Kier molecular flexibility index (Phi) is 6.32. The van der Waals surface area contributed by atoms with Crippen LogP contribution in [-0.4, -0.2) is 40.1 Å². The van der Waals surface area contributed by atoms with E-state index in [1.165, 1.54) is 32.4 Å². The lowest BCUT2D eigenvalue weighted by Crippen LogP contribution is -2.37. The SMILES string of the molecule is COc1cc(C(=O)O)ccc1Nc1ncc(Cl)c(N[C@@H]2Cc3ccccc3[C@H]2NC(C)=O)n1. The molecule has 1 heterocycles. The van der Waals surface area contributed by atoms with Gasteiger partial charge in [-0.2, -0.15) is 4.98 Å². The van der Waals surface area contributed by atoms with Crippen LogP contribution in [0, 0.1) is 0 Å². The van der Waals surface area contributed by atoms with E-state index in [0.717, 1.165) is 11.1 Å². The lowest BCUT2D eigenvalue weighted by atomic mass is 10.1. The van der Waals surface area contributed by atoms with Crippen molar-refractivity contribution >= 4 is 40.9 Å². The molecule has 0 saturated heterocycles. The van der Waals surface area contributed by atoms with Crippen molar-refractivity contribution in [3.05, 3.63) is 70.4 Å². The van der Waals surface area contributed by atoms with Gasteiger partial charge in [0.05, 0.1) is 36.6 Å². The Bertz CT molecular complexity index is 1220. The monoisotopic (exact) mass is 467 g/mol. The van der Waals surface area contributed by atoms with Crippen molar-refractivity contribution in [3.63, 3.8) is 0 Å². The van der Waals surface area contributed by atoms with Crippen LogP contribution < -0.4 is 20.7 Å². The second kappa shape index (κ2) is 9.33. The highest BCUT2D eigenvalue weighted by Gasteiger charge is 2.33. The molecular weight excluding hydrogens is 446 g/mol. The fraction of sp³-hybridized carbons (Fsp3) is 0.217. The van der Waals surface area contributed by atoms with E-state index < -0.39 is 5.97 Å². The number of carboxylic acid groups (broad SMARTS) is 1. The minimum atomic E-state index is -1.06. The summed E-state index contributed by atoms with van der Waals surface area (Å²) in [4.78, 5) is 31.7. The molecular formula is C23H22ClN5O4. The average molecular weight is 468 g/mol. The zero-order valence-corrected chi connectivity index (χ0v) is 18.7. The zero-order chi connectivity index (χ0) is 23.5. The Morgan fingerprint density at radius 3 is 2.73 bits per heavy atom. The Morgan fingerprint density at radius 1 is 1.21 bits per heavy atom. The fourth-order valence-corrected chi connectivity index (χ4v) is 4.02. The summed E-state index contributed by atoms with van der Waals surface area (Å²) >= 11 is 6.36. The quantitative estimate of drug-likeness (QED) is 0.413. The molecule has 9 nitrogen and oxygen atoms in total. The van der Waals surface area contributed by atoms with Crippen molar-refractivity contribution in [1.29, 1.82) is 0 Å². The summed E-state index contributed by atoms with van der Waals surface area (Å²) in [5, 5.41) is 18.9. The van der Waals surface area contributed by atoms with Crippen molar-refractivity contribution < 1.29 is 19.4 Å². The molecule has 1 aliphatic rings. The Balaban J connectivity index is 1.58. The molecule has 0 unspecified atom stereocenters. The van der Waals surface area contributed by atoms with Gasteiger partial charge >= 0.3 is 5.97 Å². The second-order valence-electron chi connectivity index (χ2n) is 7.57. The van der Waals surface area contributed by atoms with Gasteiger partial charge in [-0.1, -0.05) is 35.9 Å². The Hall–Kier alpha value is -3.85. The minimum Gasteiger partial charge on any atom is -0.495 e. The number of carbonyl (C=O) groups excluding carboxylic acids is 1. The third-order valence-electron chi connectivity index (χ3n) is 5.35. The number of benzene rings is 2. The highest BCUT2D eigenvalue weighted by Crippen LogP contribution is 2.35. The third-order valence-corrected chi connectivity index (χ3v) is 5.63. The molecule has 0 aliphatic heterocycles. The molecule has 1 aliphatic carbocycles. The fourth-order valence-electron chi connectivity index (χ4n) is 3.88. The smallest absolute Gasteiger partial charge is 0.335 e. The van der Waals surface area contributed by atoms with Crippen LogP contribution in [0.5, 0.6) is 5.75 Å². The first-order valence-electron chi connectivity index (χ1n) is 10.2. The van der Waals surface area contributed by atoms with E-state index in [1.54, 1.807) is 6.07 Å². The number of amides is 1. The van der Waals surface area contributed by atoms with Gasteiger partial charge < -0.3 is 25.8 Å². The average Bonchev–Trinajstić information content (AvgIpc) is 3.12. The summed E-state index contributed by atoms with van der Waals surface area (Å²) in [6, 6.07) is 12.0. The lowest BCUT2D eigenvalue weighted by Gasteiger charge is -2.23. The van der Waals surface area contributed by atoms with Crippen molar-refractivity contribution in [2.24, 2.45) is 0 Å². The standard InChI is InChI=1S/C23H22ClN5O4/c1-12(30)26-20-15-6-4-3-5-13(15)9-18(20)27-21-16(24)11-25-23(29-21)28-17-8-7-14(22(31)32)10-19(17)33-2/h3-8,10-11,18,20H,9H2,1-2H3,(H,26,30)(H,31,32)(H2,25,27,28,29)/t18-,20-/m1/s1. The maximum atomic E-state index is 11.8. The predicted octanol–water partition coefficient (Wildman–Crippen LogP) is 3.79. The Morgan fingerprint density at radius 2 is 2.00 bits per heavy atom. The highest BCUT2D eigenvalue weighted by molar-refractivity contribution is 6.32. The molecule has 0 saturated carbocycles. The van der Waals surface area contributed by atoms with Gasteiger partial charge in [0.25, 0.3) is 0 Å². The first kappa shape index (κ1) is 22.3. The van der Waals surface area contributed by atoms with Crippen LogP contribution in [0.2, 0.25) is 5.02 Å². The summed E-state index contributed by atoms with van der Waals surface area (Å²) in [5.74, 6) is -0.199. The predicted molar refractivity (Wildman–Crippen MR) is 124 cm³/mol. The number of anilines is 3. The molecule has 4 rings (SSSR count). The van der Waals surface area contributed by atoms with Crippen LogP contribution in [0.4, 0.5) is 17.5 Å². The molecule has 0 radical (unpaired) electrons. The number of ether oxygens (including phenoxy) is 1. The molecule has 3 aromatic rings. The molecule has 0 bridgehead atoms. The van der Waals surface area contributed by atoms with Gasteiger partial charge in [0, 0.05) is 6.92 Å². The normalized spacial score (nSPS) is 16.6. The van der Waals surface area contributed by atoms with E-state index in [1.807, 2.05) is 24.3 Å². The first-order valence-corrected chi connectivity index (χ1v) is 10.6. The van der Waals surface area contributed by atoms with Crippen molar-refractivity contribution in [2.75, 3.05) is 17.7 Å². The number of aromatic carboxylic acids is 1. The van der Waals surface area contributed by atoms with Crippen LogP contribution >= 0.6 is 11.6 Å². The number of fused-ring (bicyclic) bond motifs is 1. The zero-order valence-electron chi connectivity index (χ0n) is 17.9. The maximum absolute atomic E-state index is 11.8. The summed E-state index contributed by atoms with van der Waals surface area (Å²) < 4.78 is 5.29. The summed E-state index contributed by atoms with van der Waals surface area (Å²) in [5.41, 5.74) is 2.79. The highest BCUT2D eigenvalue weighted by atomic mass is 35.5. The molecule has 10 heteroatoms. The number of aromatic nitrogens is 2. The summed E-state index contributed by atoms with van der Waals surface area (Å²) in [6.45, 7) is 1.49. The molecule has 0 spiro atoms. The van der Waals surface area contributed by atoms with Crippen LogP contribution in [0.1, 0.15) is 34.5 Å². The van der Waals surface area contributed by atoms with Gasteiger partial charge in [0.2, 0.25) is 11.9 Å². The number of hydrogen-bond acceptors (Lipinski definition) is 7. The molecule has 0 fully saturated rings. The number of nitrogens with zero attached hydrogens (tertiary/aromatic N) is 2. The van der Waals surface area contributed by atoms with Crippen LogP contribution in [0.15, 0.2) is 48.7 Å². The third kappa shape index (κ3) is 4.83. The molecule has 1 aromatic heterocycles. The largest absolute Gasteiger partial charge is 0.495 e.